The summed E-state index contributed by atoms with van der Waals surface area (Å²) < 4.78 is 5.26. The third-order valence-electron chi connectivity index (χ3n) is 6.12. The molecular formula is C18H29N3O3. The van der Waals surface area contributed by atoms with Crippen LogP contribution < -0.4 is 5.73 Å². The molecule has 1 saturated carbocycles. The molecule has 1 saturated heterocycles. The molecule has 1 amide bonds. The number of aliphatic hydroxyl groups is 1. The van der Waals surface area contributed by atoms with E-state index in [0.717, 1.165) is 32.1 Å². The molecule has 0 aromatic carbocycles. The first-order chi connectivity index (χ1) is 11.4. The fourth-order valence-electron chi connectivity index (χ4n) is 4.71. The van der Waals surface area contributed by atoms with Crippen LogP contribution in [0.2, 0.25) is 0 Å². The first-order valence-electron chi connectivity index (χ1n) is 9.10. The minimum Gasteiger partial charge on any atom is -0.392 e. The largest absolute Gasteiger partial charge is 0.392 e. The highest BCUT2D eigenvalue weighted by atomic mass is 16.5. The van der Waals surface area contributed by atoms with Crippen molar-refractivity contribution in [3.63, 3.8) is 0 Å². The molecule has 2 aliphatic rings. The summed E-state index contributed by atoms with van der Waals surface area (Å²) in [7, 11) is 0. The zero-order valence-electron chi connectivity index (χ0n) is 14.9. The van der Waals surface area contributed by atoms with E-state index in [1.54, 1.807) is 6.92 Å². The van der Waals surface area contributed by atoms with Crippen molar-refractivity contribution in [1.29, 1.82) is 0 Å². The van der Waals surface area contributed by atoms with Crippen LogP contribution in [-0.2, 0) is 6.42 Å². The number of amides is 1. The number of aryl methyl sites for hydroxylation is 2. The van der Waals surface area contributed by atoms with Crippen molar-refractivity contribution in [2.45, 2.75) is 77.5 Å². The van der Waals surface area contributed by atoms with E-state index in [1.165, 1.54) is 0 Å². The lowest BCUT2D eigenvalue weighted by atomic mass is 9.75. The number of aromatic nitrogens is 1. The second-order valence-corrected chi connectivity index (χ2v) is 7.54. The predicted molar refractivity (Wildman–Crippen MR) is 90.6 cm³/mol. The Kier molecular flexibility index (Phi) is 4.71. The van der Waals surface area contributed by atoms with Gasteiger partial charge in [0.1, 0.15) is 11.3 Å². The zero-order valence-corrected chi connectivity index (χ0v) is 14.9. The van der Waals surface area contributed by atoms with Gasteiger partial charge >= 0.3 is 0 Å². The van der Waals surface area contributed by atoms with E-state index in [2.05, 4.69) is 12.1 Å². The van der Waals surface area contributed by atoms with Gasteiger partial charge in [-0.1, -0.05) is 31.8 Å². The normalized spacial score (nSPS) is 33.4. The maximum atomic E-state index is 13.4. The third-order valence-corrected chi connectivity index (χ3v) is 6.12. The van der Waals surface area contributed by atoms with Crippen LogP contribution in [0.15, 0.2) is 4.52 Å². The summed E-state index contributed by atoms with van der Waals surface area (Å²) in [5.74, 6) is 0.527. The van der Waals surface area contributed by atoms with E-state index >= 15 is 0 Å². The minimum atomic E-state index is -0.383. The Morgan fingerprint density at radius 1 is 1.46 bits per heavy atom. The Bertz CT molecular complexity index is 615. The molecule has 1 aromatic rings. The van der Waals surface area contributed by atoms with Gasteiger partial charge in [-0.15, -0.1) is 0 Å². The van der Waals surface area contributed by atoms with Crippen LogP contribution in [0, 0.1) is 12.3 Å². The highest BCUT2D eigenvalue weighted by Crippen LogP contribution is 2.48. The standard InChI is InChI=1S/C18H29N3O3/c1-4-13-16(11(2)24-20-13)17(23)21-12(10-19)9-18(3)14(21)7-5-6-8-15(18)22/h12,14-15,22H,4-10,19H2,1-3H3/t12-,14-,15-,18-/m1/s1. The fourth-order valence-corrected chi connectivity index (χ4v) is 4.71. The van der Waals surface area contributed by atoms with E-state index in [9.17, 15) is 9.90 Å². The van der Waals surface area contributed by atoms with Crippen LogP contribution in [-0.4, -0.2) is 45.8 Å². The number of carbonyl (C=O) groups excluding carboxylic acids is 1. The monoisotopic (exact) mass is 335 g/mol. The lowest BCUT2D eigenvalue weighted by Gasteiger charge is -2.37. The number of aliphatic hydroxyl groups excluding tert-OH is 1. The maximum Gasteiger partial charge on any atom is 0.259 e. The number of likely N-dealkylation sites (tertiary alicyclic amines) is 1. The van der Waals surface area contributed by atoms with Crippen LogP contribution in [0.1, 0.15) is 67.8 Å². The molecule has 0 spiro atoms. The molecule has 3 rings (SSSR count). The Morgan fingerprint density at radius 3 is 2.83 bits per heavy atom. The summed E-state index contributed by atoms with van der Waals surface area (Å²) in [6.07, 6.45) is 4.79. The summed E-state index contributed by atoms with van der Waals surface area (Å²) >= 11 is 0. The van der Waals surface area contributed by atoms with E-state index < -0.39 is 0 Å². The van der Waals surface area contributed by atoms with Gasteiger partial charge < -0.3 is 20.3 Å². The van der Waals surface area contributed by atoms with Gasteiger partial charge in [0.05, 0.1) is 11.8 Å². The SMILES string of the molecule is CCc1noc(C)c1C(=O)N1[C@@H](CN)C[C@@]2(C)[C@H](O)CCCC[C@@H]12. The first kappa shape index (κ1) is 17.4. The zero-order chi connectivity index (χ0) is 17.5. The molecule has 6 nitrogen and oxygen atoms in total. The molecule has 1 aromatic heterocycles. The van der Waals surface area contributed by atoms with E-state index in [4.69, 9.17) is 10.3 Å². The highest BCUT2D eigenvalue weighted by Gasteiger charge is 2.54. The van der Waals surface area contributed by atoms with Crippen molar-refractivity contribution in [3.05, 3.63) is 17.0 Å². The van der Waals surface area contributed by atoms with Gasteiger partial charge in [-0.05, 0) is 32.6 Å². The van der Waals surface area contributed by atoms with Crippen LogP contribution in [0.3, 0.4) is 0 Å². The number of nitrogens with two attached hydrogens (primary N) is 1. The summed E-state index contributed by atoms with van der Waals surface area (Å²) in [5.41, 5.74) is 7.01. The maximum absolute atomic E-state index is 13.4. The quantitative estimate of drug-likeness (QED) is 0.881. The predicted octanol–water partition coefficient (Wildman–Crippen LogP) is 2.03. The average molecular weight is 335 g/mol. The number of fused-ring (bicyclic) bond motifs is 1. The van der Waals surface area contributed by atoms with Crippen molar-refractivity contribution in [3.8, 4) is 0 Å². The smallest absolute Gasteiger partial charge is 0.259 e. The number of nitrogens with zero attached hydrogens (tertiary/aromatic N) is 2. The molecule has 6 heteroatoms. The summed E-state index contributed by atoms with van der Waals surface area (Å²) in [5, 5.41) is 14.7. The van der Waals surface area contributed by atoms with Gasteiger partial charge in [0, 0.05) is 24.0 Å². The van der Waals surface area contributed by atoms with Gasteiger partial charge in [0.2, 0.25) is 0 Å². The Labute approximate surface area is 143 Å². The Balaban J connectivity index is 2.01. The van der Waals surface area contributed by atoms with Crippen LogP contribution in [0.4, 0.5) is 0 Å². The molecule has 2 heterocycles. The molecule has 0 bridgehead atoms. The molecule has 134 valence electrons. The molecule has 24 heavy (non-hydrogen) atoms. The van der Waals surface area contributed by atoms with Crippen molar-refractivity contribution >= 4 is 5.91 Å². The highest BCUT2D eigenvalue weighted by molar-refractivity contribution is 5.97. The molecular weight excluding hydrogens is 306 g/mol. The van der Waals surface area contributed by atoms with E-state index in [0.29, 0.717) is 30.0 Å². The minimum absolute atomic E-state index is 0.0232. The fraction of sp³-hybridized carbons (Fsp3) is 0.778. The second kappa shape index (κ2) is 6.48. The number of hydrogen-bond acceptors (Lipinski definition) is 5. The lowest BCUT2D eigenvalue weighted by molar-refractivity contribution is 0.0121. The molecule has 1 aliphatic carbocycles. The number of rotatable bonds is 3. The van der Waals surface area contributed by atoms with Crippen molar-refractivity contribution in [2.75, 3.05) is 6.54 Å². The summed E-state index contributed by atoms with van der Waals surface area (Å²) in [6.45, 7) is 6.28. The van der Waals surface area contributed by atoms with E-state index in [-0.39, 0.29) is 29.5 Å². The van der Waals surface area contributed by atoms with Gasteiger partial charge in [-0.2, -0.15) is 0 Å². The van der Waals surface area contributed by atoms with Crippen molar-refractivity contribution in [1.82, 2.24) is 10.1 Å². The van der Waals surface area contributed by atoms with Gasteiger partial charge in [-0.3, -0.25) is 4.79 Å². The number of carbonyl (C=O) groups is 1. The van der Waals surface area contributed by atoms with Crippen molar-refractivity contribution in [2.24, 2.45) is 11.1 Å². The second-order valence-electron chi connectivity index (χ2n) is 7.54. The topological polar surface area (TPSA) is 92.6 Å². The third kappa shape index (κ3) is 2.56. The van der Waals surface area contributed by atoms with Crippen LogP contribution in [0.25, 0.3) is 0 Å². The Hall–Kier alpha value is -1.40. The summed E-state index contributed by atoms with van der Waals surface area (Å²) in [6, 6.07) is -0.0192. The summed E-state index contributed by atoms with van der Waals surface area (Å²) in [4.78, 5) is 15.3. The molecule has 1 aliphatic heterocycles. The molecule has 2 fully saturated rings. The Morgan fingerprint density at radius 2 is 2.17 bits per heavy atom. The molecule has 3 N–H and O–H groups in total. The van der Waals surface area contributed by atoms with Crippen molar-refractivity contribution < 1.29 is 14.4 Å². The molecule has 4 atom stereocenters. The number of hydrogen-bond donors (Lipinski definition) is 2. The first-order valence-corrected chi connectivity index (χ1v) is 9.10. The molecule has 0 unspecified atom stereocenters. The average Bonchev–Trinajstić information content (AvgIpc) is 3.04. The van der Waals surface area contributed by atoms with Gasteiger partial charge in [0.25, 0.3) is 5.91 Å². The lowest BCUT2D eigenvalue weighted by Crippen LogP contribution is -2.48. The van der Waals surface area contributed by atoms with Crippen LogP contribution in [0.5, 0.6) is 0 Å². The van der Waals surface area contributed by atoms with Crippen LogP contribution >= 0.6 is 0 Å². The van der Waals surface area contributed by atoms with Gasteiger partial charge in [0.15, 0.2) is 0 Å². The van der Waals surface area contributed by atoms with Gasteiger partial charge in [-0.25, -0.2) is 0 Å². The van der Waals surface area contributed by atoms with E-state index in [1.807, 2.05) is 11.8 Å². The molecule has 0 radical (unpaired) electrons.